The minimum atomic E-state index is -0.140. The number of anilines is 2. The van der Waals surface area contributed by atoms with Crippen molar-refractivity contribution in [1.82, 2.24) is 15.3 Å². The molecule has 0 radical (unpaired) electrons. The van der Waals surface area contributed by atoms with Gasteiger partial charge in [0.1, 0.15) is 17.3 Å². The SMILES string of the molecule is Cc1nc(Nc2cc(Cl)ccc2C)cc(C(=O)NC2CCCC2)n1. The maximum atomic E-state index is 12.4. The summed E-state index contributed by atoms with van der Waals surface area (Å²) in [6.45, 7) is 3.77. The van der Waals surface area contributed by atoms with Crippen LogP contribution in [0, 0.1) is 13.8 Å². The van der Waals surface area contributed by atoms with E-state index in [0.717, 1.165) is 24.1 Å². The molecular formula is C18H21ClN4O. The average molecular weight is 345 g/mol. The van der Waals surface area contributed by atoms with Crippen LogP contribution in [0.3, 0.4) is 0 Å². The van der Waals surface area contributed by atoms with Crippen LogP contribution in [0.2, 0.25) is 5.02 Å². The van der Waals surface area contributed by atoms with Gasteiger partial charge in [0, 0.05) is 22.8 Å². The van der Waals surface area contributed by atoms with E-state index in [4.69, 9.17) is 11.6 Å². The van der Waals surface area contributed by atoms with Crippen LogP contribution in [0.1, 0.15) is 47.6 Å². The zero-order chi connectivity index (χ0) is 17.1. The fraction of sp³-hybridized carbons (Fsp3) is 0.389. The first-order valence-corrected chi connectivity index (χ1v) is 8.59. The number of carbonyl (C=O) groups is 1. The third-order valence-electron chi connectivity index (χ3n) is 4.22. The number of nitrogens with one attached hydrogen (secondary N) is 2. The topological polar surface area (TPSA) is 66.9 Å². The maximum Gasteiger partial charge on any atom is 0.270 e. The third kappa shape index (κ3) is 4.03. The van der Waals surface area contributed by atoms with Gasteiger partial charge in [0.25, 0.3) is 5.91 Å². The van der Waals surface area contributed by atoms with Gasteiger partial charge in [-0.3, -0.25) is 4.79 Å². The van der Waals surface area contributed by atoms with Gasteiger partial charge in [-0.05, 0) is 44.4 Å². The first kappa shape index (κ1) is 16.7. The van der Waals surface area contributed by atoms with Crippen LogP contribution in [-0.2, 0) is 0 Å². The fourth-order valence-electron chi connectivity index (χ4n) is 2.94. The summed E-state index contributed by atoms with van der Waals surface area (Å²) in [5.74, 6) is 0.999. The maximum absolute atomic E-state index is 12.4. The first-order chi connectivity index (χ1) is 11.5. The third-order valence-corrected chi connectivity index (χ3v) is 4.46. The van der Waals surface area contributed by atoms with Gasteiger partial charge in [0.05, 0.1) is 0 Å². The number of amides is 1. The van der Waals surface area contributed by atoms with Crippen LogP contribution in [-0.4, -0.2) is 21.9 Å². The minimum Gasteiger partial charge on any atom is -0.348 e. The summed E-state index contributed by atoms with van der Waals surface area (Å²) in [6.07, 6.45) is 4.44. The highest BCUT2D eigenvalue weighted by atomic mass is 35.5. The summed E-state index contributed by atoms with van der Waals surface area (Å²) < 4.78 is 0. The lowest BCUT2D eigenvalue weighted by Crippen LogP contribution is -2.33. The van der Waals surface area contributed by atoms with Gasteiger partial charge in [-0.15, -0.1) is 0 Å². The van der Waals surface area contributed by atoms with Crippen molar-refractivity contribution in [3.63, 3.8) is 0 Å². The number of aromatic nitrogens is 2. The van der Waals surface area contributed by atoms with Crippen LogP contribution in [0.25, 0.3) is 0 Å². The molecule has 2 N–H and O–H groups in total. The predicted octanol–water partition coefficient (Wildman–Crippen LogP) is 4.16. The fourth-order valence-corrected chi connectivity index (χ4v) is 3.12. The second-order valence-electron chi connectivity index (χ2n) is 6.22. The first-order valence-electron chi connectivity index (χ1n) is 8.21. The highest BCUT2D eigenvalue weighted by Gasteiger charge is 2.19. The van der Waals surface area contributed by atoms with Crippen molar-refractivity contribution in [3.05, 3.63) is 46.4 Å². The number of aryl methyl sites for hydroxylation is 2. The molecule has 1 aromatic heterocycles. The van der Waals surface area contributed by atoms with Crippen molar-refractivity contribution in [2.24, 2.45) is 0 Å². The zero-order valence-corrected chi connectivity index (χ0v) is 14.7. The Hall–Kier alpha value is -2.14. The molecule has 0 aliphatic heterocycles. The smallest absolute Gasteiger partial charge is 0.270 e. The highest BCUT2D eigenvalue weighted by molar-refractivity contribution is 6.30. The van der Waals surface area contributed by atoms with Crippen LogP contribution in [0.4, 0.5) is 11.5 Å². The average Bonchev–Trinajstić information content (AvgIpc) is 3.03. The second kappa shape index (κ2) is 7.18. The molecule has 0 unspecified atom stereocenters. The zero-order valence-electron chi connectivity index (χ0n) is 13.9. The van der Waals surface area contributed by atoms with E-state index >= 15 is 0 Å². The van der Waals surface area contributed by atoms with E-state index in [1.807, 2.05) is 25.1 Å². The van der Waals surface area contributed by atoms with Gasteiger partial charge in [-0.25, -0.2) is 9.97 Å². The number of hydrogen-bond acceptors (Lipinski definition) is 4. The van der Waals surface area contributed by atoms with Crippen molar-refractivity contribution in [2.45, 2.75) is 45.6 Å². The number of carbonyl (C=O) groups excluding carboxylic acids is 1. The Balaban J connectivity index is 1.80. The van der Waals surface area contributed by atoms with Gasteiger partial charge >= 0.3 is 0 Å². The summed E-state index contributed by atoms with van der Waals surface area (Å²) >= 11 is 6.05. The largest absolute Gasteiger partial charge is 0.348 e. The highest BCUT2D eigenvalue weighted by Crippen LogP contribution is 2.24. The van der Waals surface area contributed by atoms with E-state index in [-0.39, 0.29) is 11.9 Å². The predicted molar refractivity (Wildman–Crippen MR) is 96.0 cm³/mol. The lowest BCUT2D eigenvalue weighted by Gasteiger charge is -2.13. The van der Waals surface area contributed by atoms with Gasteiger partial charge < -0.3 is 10.6 Å². The standard InChI is InChI=1S/C18H21ClN4O/c1-11-7-8-13(19)9-15(11)23-17-10-16(20-12(2)21-17)18(24)22-14-5-3-4-6-14/h7-10,14H,3-6H2,1-2H3,(H,22,24)(H,20,21,23). The molecule has 126 valence electrons. The van der Waals surface area contributed by atoms with Gasteiger partial charge in [0.15, 0.2) is 0 Å². The Morgan fingerprint density at radius 3 is 2.67 bits per heavy atom. The molecule has 0 spiro atoms. The normalized spacial score (nSPS) is 14.6. The number of hydrogen-bond donors (Lipinski definition) is 2. The van der Waals surface area contributed by atoms with Crippen molar-refractivity contribution >= 4 is 29.0 Å². The minimum absolute atomic E-state index is 0.140. The molecule has 6 heteroatoms. The molecule has 3 rings (SSSR count). The van der Waals surface area contributed by atoms with Gasteiger partial charge in [0.2, 0.25) is 0 Å². The van der Waals surface area contributed by atoms with Crippen LogP contribution in [0.15, 0.2) is 24.3 Å². The van der Waals surface area contributed by atoms with E-state index in [1.54, 1.807) is 13.0 Å². The van der Waals surface area contributed by atoms with E-state index in [2.05, 4.69) is 20.6 Å². The molecule has 1 heterocycles. The molecule has 1 saturated carbocycles. The molecule has 1 aromatic carbocycles. The van der Waals surface area contributed by atoms with Crippen LogP contribution < -0.4 is 10.6 Å². The molecular weight excluding hydrogens is 324 g/mol. The summed E-state index contributed by atoms with van der Waals surface area (Å²) in [6, 6.07) is 7.56. The van der Waals surface area contributed by atoms with E-state index < -0.39 is 0 Å². The van der Waals surface area contributed by atoms with Crippen molar-refractivity contribution in [1.29, 1.82) is 0 Å². The molecule has 0 bridgehead atoms. The summed E-state index contributed by atoms with van der Waals surface area (Å²) in [5, 5.41) is 6.93. The van der Waals surface area contributed by atoms with Crippen LogP contribution in [0.5, 0.6) is 0 Å². The molecule has 1 amide bonds. The lowest BCUT2D eigenvalue weighted by atomic mass is 10.2. The van der Waals surface area contributed by atoms with Crippen molar-refractivity contribution < 1.29 is 4.79 Å². The Morgan fingerprint density at radius 1 is 1.17 bits per heavy atom. The van der Waals surface area contributed by atoms with Gasteiger partial charge in [-0.1, -0.05) is 30.5 Å². The summed E-state index contributed by atoms with van der Waals surface area (Å²) in [4.78, 5) is 21.1. The number of nitrogens with zero attached hydrogens (tertiary/aromatic N) is 2. The Kier molecular flexibility index (Phi) is 5.00. The second-order valence-corrected chi connectivity index (χ2v) is 6.66. The quantitative estimate of drug-likeness (QED) is 0.873. The van der Waals surface area contributed by atoms with Crippen LogP contribution >= 0.6 is 11.6 Å². The molecule has 24 heavy (non-hydrogen) atoms. The summed E-state index contributed by atoms with van der Waals surface area (Å²) in [5.41, 5.74) is 2.30. The molecule has 0 saturated heterocycles. The number of halogens is 1. The van der Waals surface area contributed by atoms with Crippen molar-refractivity contribution in [3.8, 4) is 0 Å². The van der Waals surface area contributed by atoms with Gasteiger partial charge in [-0.2, -0.15) is 0 Å². The molecule has 1 aliphatic carbocycles. The van der Waals surface area contributed by atoms with Crippen molar-refractivity contribution in [2.75, 3.05) is 5.32 Å². The number of rotatable bonds is 4. The molecule has 2 aromatic rings. The monoisotopic (exact) mass is 344 g/mol. The van der Waals surface area contributed by atoms with E-state index in [9.17, 15) is 4.79 Å². The van der Waals surface area contributed by atoms with E-state index in [0.29, 0.717) is 22.4 Å². The number of benzene rings is 1. The Bertz CT molecular complexity index is 757. The Labute approximate surface area is 146 Å². The lowest BCUT2D eigenvalue weighted by molar-refractivity contribution is 0.0932. The molecule has 5 nitrogen and oxygen atoms in total. The molecule has 1 aliphatic rings. The molecule has 1 fully saturated rings. The summed E-state index contributed by atoms with van der Waals surface area (Å²) in [7, 11) is 0. The molecule has 0 atom stereocenters. The van der Waals surface area contributed by atoms with E-state index in [1.165, 1.54) is 12.8 Å². The Morgan fingerprint density at radius 2 is 1.92 bits per heavy atom.